The van der Waals surface area contributed by atoms with Crippen LogP contribution in [0.4, 0.5) is 0 Å². The largest absolute Gasteiger partial charge is 0.476 e. The Morgan fingerprint density at radius 1 is 1.24 bits per heavy atom. The van der Waals surface area contributed by atoms with E-state index in [2.05, 4.69) is 0 Å². The maximum Gasteiger partial charge on any atom is 0.237 e. The minimum absolute atomic E-state index is 0.00107. The van der Waals surface area contributed by atoms with E-state index in [4.69, 9.17) is 27.9 Å². The molecule has 0 aliphatic heterocycles. The number of rotatable bonds is 6. The van der Waals surface area contributed by atoms with Gasteiger partial charge in [-0.15, -0.1) is 0 Å². The molecule has 1 amide bonds. The van der Waals surface area contributed by atoms with Crippen molar-refractivity contribution >= 4 is 38.9 Å². The Hall–Kier alpha value is -1.02. The zero-order chi connectivity index (χ0) is 21.0. The lowest BCUT2D eigenvalue weighted by Gasteiger charge is -2.59. The smallest absolute Gasteiger partial charge is 0.237 e. The van der Waals surface area contributed by atoms with Gasteiger partial charge >= 0.3 is 0 Å². The molecule has 1 aromatic carbocycles. The van der Waals surface area contributed by atoms with E-state index in [0.29, 0.717) is 23.8 Å². The molecule has 2 unspecified atom stereocenters. The molecule has 160 valence electrons. The van der Waals surface area contributed by atoms with Gasteiger partial charge in [0.1, 0.15) is 11.5 Å². The molecule has 1 aromatic rings. The van der Waals surface area contributed by atoms with Crippen LogP contribution in [0.2, 0.25) is 10.0 Å². The highest BCUT2D eigenvalue weighted by molar-refractivity contribution is 7.91. The molecule has 1 N–H and O–H groups in total. The van der Waals surface area contributed by atoms with E-state index in [1.165, 1.54) is 12.1 Å². The molecule has 0 heterocycles. The lowest BCUT2D eigenvalue weighted by molar-refractivity contribution is -0.166. The summed E-state index contributed by atoms with van der Waals surface area (Å²) in [5.74, 6) is -0.460. The van der Waals surface area contributed by atoms with Crippen LogP contribution in [0.25, 0.3) is 0 Å². The second kappa shape index (κ2) is 7.59. The number of nitrogens with zero attached hydrogens (tertiary/aromatic N) is 1. The molecular formula is C20H25Cl2NO5S. The summed E-state index contributed by atoms with van der Waals surface area (Å²) >= 11 is 11.8. The SMILES string of the molecule is CN(C(=O)CS(=O)(=O)COc1ccc(Cl)cc1Cl)C1C2CC3CC1CC(O)(C3)C2. The molecule has 6 nitrogen and oxygen atoms in total. The molecule has 4 aliphatic carbocycles. The molecule has 2 atom stereocenters. The molecule has 4 aliphatic rings. The summed E-state index contributed by atoms with van der Waals surface area (Å²) in [6.45, 7) is 0. The molecule has 0 radical (unpaired) electrons. The van der Waals surface area contributed by atoms with E-state index in [1.54, 1.807) is 18.0 Å². The van der Waals surface area contributed by atoms with E-state index >= 15 is 0 Å². The second-order valence-corrected chi connectivity index (χ2v) is 11.8. The number of benzene rings is 1. The molecule has 0 spiro atoms. The maximum absolute atomic E-state index is 12.8. The zero-order valence-corrected chi connectivity index (χ0v) is 18.5. The zero-order valence-electron chi connectivity index (χ0n) is 16.2. The quantitative estimate of drug-likeness (QED) is 0.703. The van der Waals surface area contributed by atoms with E-state index in [0.717, 1.165) is 19.3 Å². The van der Waals surface area contributed by atoms with E-state index in [1.807, 2.05) is 0 Å². The summed E-state index contributed by atoms with van der Waals surface area (Å²) in [6.07, 6.45) is 4.28. The van der Waals surface area contributed by atoms with Crippen molar-refractivity contribution in [1.29, 1.82) is 0 Å². The number of hydrogen-bond acceptors (Lipinski definition) is 5. The lowest BCUT2D eigenvalue weighted by Crippen LogP contribution is -2.62. The Morgan fingerprint density at radius 2 is 1.90 bits per heavy atom. The molecule has 0 saturated heterocycles. The van der Waals surface area contributed by atoms with Gasteiger partial charge in [0.15, 0.2) is 15.8 Å². The van der Waals surface area contributed by atoms with Crippen molar-refractivity contribution < 1.29 is 23.1 Å². The molecule has 9 heteroatoms. The van der Waals surface area contributed by atoms with E-state index < -0.39 is 33.0 Å². The summed E-state index contributed by atoms with van der Waals surface area (Å²) in [5.41, 5.74) is -0.589. The first-order chi connectivity index (χ1) is 13.6. The van der Waals surface area contributed by atoms with Crippen molar-refractivity contribution in [3.05, 3.63) is 28.2 Å². The fraction of sp³-hybridized carbons (Fsp3) is 0.650. The summed E-state index contributed by atoms with van der Waals surface area (Å²) in [7, 11) is -2.10. The van der Waals surface area contributed by atoms with Crippen molar-refractivity contribution in [1.82, 2.24) is 4.90 Å². The molecule has 4 fully saturated rings. The van der Waals surface area contributed by atoms with Gasteiger partial charge in [0.25, 0.3) is 0 Å². The van der Waals surface area contributed by atoms with Crippen LogP contribution in [0.5, 0.6) is 5.75 Å². The Labute approximate surface area is 181 Å². The van der Waals surface area contributed by atoms with Gasteiger partial charge in [-0.25, -0.2) is 8.42 Å². The lowest BCUT2D eigenvalue weighted by atomic mass is 9.52. The Bertz CT molecular complexity index is 905. The Morgan fingerprint density at radius 3 is 2.48 bits per heavy atom. The molecule has 0 aromatic heterocycles. The average Bonchev–Trinajstić information content (AvgIpc) is 2.58. The van der Waals surface area contributed by atoms with Crippen molar-refractivity contribution in [3.63, 3.8) is 0 Å². The van der Waals surface area contributed by atoms with Gasteiger partial charge in [-0.1, -0.05) is 23.2 Å². The summed E-state index contributed by atoms with van der Waals surface area (Å²) in [4.78, 5) is 14.4. The van der Waals surface area contributed by atoms with Crippen LogP contribution in [0, 0.1) is 17.8 Å². The molecule has 4 saturated carbocycles. The number of sulfone groups is 1. The molecule has 5 rings (SSSR count). The number of amides is 1. The third kappa shape index (κ3) is 4.38. The first-order valence-corrected chi connectivity index (χ1v) is 12.4. The highest BCUT2D eigenvalue weighted by Crippen LogP contribution is 2.56. The van der Waals surface area contributed by atoms with Crippen LogP contribution >= 0.6 is 23.2 Å². The summed E-state index contributed by atoms with van der Waals surface area (Å²) in [6, 6.07) is 4.51. The minimum Gasteiger partial charge on any atom is -0.476 e. The maximum atomic E-state index is 12.8. The van der Waals surface area contributed by atoms with E-state index in [9.17, 15) is 18.3 Å². The van der Waals surface area contributed by atoms with Crippen LogP contribution in [-0.4, -0.2) is 54.7 Å². The van der Waals surface area contributed by atoms with Crippen LogP contribution in [0.3, 0.4) is 0 Å². The topological polar surface area (TPSA) is 83.9 Å². The Balaban J connectivity index is 1.38. The number of carbonyl (C=O) groups excluding carboxylic acids is 1. The van der Waals surface area contributed by atoms with Crippen molar-refractivity contribution in [3.8, 4) is 5.75 Å². The van der Waals surface area contributed by atoms with Gasteiger partial charge in [0.2, 0.25) is 5.91 Å². The minimum atomic E-state index is -3.78. The van der Waals surface area contributed by atoms with Crippen molar-refractivity contribution in [2.45, 2.75) is 43.7 Å². The van der Waals surface area contributed by atoms with Crippen molar-refractivity contribution in [2.75, 3.05) is 18.7 Å². The highest BCUT2D eigenvalue weighted by atomic mass is 35.5. The average molecular weight is 462 g/mol. The second-order valence-electron chi connectivity index (χ2n) is 8.91. The van der Waals surface area contributed by atoms with Gasteiger partial charge in [-0.3, -0.25) is 4.79 Å². The van der Waals surface area contributed by atoms with Crippen molar-refractivity contribution in [2.24, 2.45) is 17.8 Å². The normalized spacial score (nSPS) is 33.0. The number of hydrogen-bond donors (Lipinski definition) is 1. The third-order valence-corrected chi connectivity index (χ3v) is 8.36. The number of aliphatic hydroxyl groups is 1. The van der Waals surface area contributed by atoms with Crippen LogP contribution in [0.1, 0.15) is 32.1 Å². The summed E-state index contributed by atoms with van der Waals surface area (Å²) < 4.78 is 30.2. The molecule has 29 heavy (non-hydrogen) atoms. The van der Waals surface area contributed by atoms with Gasteiger partial charge in [0, 0.05) is 18.1 Å². The monoisotopic (exact) mass is 461 g/mol. The van der Waals surface area contributed by atoms with Gasteiger partial charge in [-0.05, 0) is 68.1 Å². The van der Waals surface area contributed by atoms with Gasteiger partial charge in [0.05, 0.1) is 10.6 Å². The predicted octanol–water partition coefficient (Wildman–Crippen LogP) is 3.14. The first-order valence-electron chi connectivity index (χ1n) is 9.81. The number of carbonyl (C=O) groups is 1. The number of ether oxygens (including phenoxy) is 1. The predicted molar refractivity (Wildman–Crippen MR) is 111 cm³/mol. The third-order valence-electron chi connectivity index (χ3n) is 6.66. The van der Waals surface area contributed by atoms with Crippen LogP contribution < -0.4 is 4.74 Å². The van der Waals surface area contributed by atoms with Gasteiger partial charge in [-0.2, -0.15) is 0 Å². The van der Waals surface area contributed by atoms with Gasteiger partial charge < -0.3 is 14.7 Å². The first kappa shape index (κ1) is 21.2. The number of halogens is 2. The molecule has 4 bridgehead atoms. The Kier molecular flexibility index (Phi) is 5.55. The standard InChI is InChI=1S/C20H25Cl2NO5S/c1-23(19-13-4-12-5-14(19)9-20(25,7-12)8-13)18(24)10-29(26,27)11-28-17-3-2-15(21)6-16(17)22/h2-3,6,12-14,19,25H,4-5,7-11H2,1H3. The van der Waals surface area contributed by atoms with Crippen LogP contribution in [-0.2, 0) is 14.6 Å². The summed E-state index contributed by atoms with van der Waals surface area (Å²) in [5, 5.41) is 11.3. The highest BCUT2D eigenvalue weighted by Gasteiger charge is 2.56. The fourth-order valence-electron chi connectivity index (χ4n) is 5.83. The van der Waals surface area contributed by atoms with Crippen LogP contribution in [0.15, 0.2) is 18.2 Å². The fourth-order valence-corrected chi connectivity index (χ4v) is 7.26. The molecular weight excluding hydrogens is 437 g/mol. The van der Waals surface area contributed by atoms with E-state index in [-0.39, 0.29) is 28.6 Å².